The van der Waals surface area contributed by atoms with Gasteiger partial charge in [0.1, 0.15) is 5.60 Å². The molecule has 6 heteroatoms. The number of hydrogen-bond acceptors (Lipinski definition) is 5. The van der Waals surface area contributed by atoms with Crippen molar-refractivity contribution in [1.29, 1.82) is 0 Å². The van der Waals surface area contributed by atoms with Crippen LogP contribution < -0.4 is 5.32 Å². The standard InChI is InChI=1S/C12H22N2O4/c1-9(15)18-14-6-5-10(8-14)7-13-11(16)17-12(2,3)4/h10H,5-8H2,1-4H3,(H,13,16)/t10-/m0/s1. The van der Waals surface area contributed by atoms with Gasteiger partial charge < -0.3 is 14.9 Å². The predicted octanol–water partition coefficient (Wildman–Crippen LogP) is 1.31. The summed E-state index contributed by atoms with van der Waals surface area (Å²) < 4.78 is 5.14. The van der Waals surface area contributed by atoms with E-state index in [9.17, 15) is 9.59 Å². The van der Waals surface area contributed by atoms with Crippen LogP contribution in [0.4, 0.5) is 4.79 Å². The van der Waals surface area contributed by atoms with Gasteiger partial charge >= 0.3 is 12.1 Å². The summed E-state index contributed by atoms with van der Waals surface area (Å²) in [5, 5.41) is 4.36. The van der Waals surface area contributed by atoms with Crippen LogP contribution in [0.3, 0.4) is 0 Å². The SMILES string of the molecule is CC(=O)ON1CC[C@@H](CNC(=O)OC(C)(C)C)C1. The minimum absolute atomic E-state index is 0.289. The molecule has 0 bridgehead atoms. The van der Waals surface area contributed by atoms with Gasteiger partial charge in [0.25, 0.3) is 0 Å². The fraction of sp³-hybridized carbons (Fsp3) is 0.833. The monoisotopic (exact) mass is 258 g/mol. The molecule has 1 atom stereocenters. The Bertz CT molecular complexity index is 312. The molecule has 0 spiro atoms. The average molecular weight is 258 g/mol. The zero-order valence-electron chi connectivity index (χ0n) is 11.5. The number of nitrogens with zero attached hydrogens (tertiary/aromatic N) is 1. The van der Waals surface area contributed by atoms with Gasteiger partial charge in [0.15, 0.2) is 0 Å². The van der Waals surface area contributed by atoms with Crippen LogP contribution in [0.5, 0.6) is 0 Å². The highest BCUT2D eigenvalue weighted by atomic mass is 16.7. The summed E-state index contributed by atoms with van der Waals surface area (Å²) in [5.41, 5.74) is -0.483. The number of hydroxylamine groups is 2. The minimum Gasteiger partial charge on any atom is -0.444 e. The summed E-state index contributed by atoms with van der Waals surface area (Å²) in [6, 6.07) is 0. The summed E-state index contributed by atoms with van der Waals surface area (Å²) in [4.78, 5) is 27.2. The third kappa shape index (κ3) is 5.86. The molecule has 1 fully saturated rings. The van der Waals surface area contributed by atoms with Crippen molar-refractivity contribution in [2.75, 3.05) is 19.6 Å². The van der Waals surface area contributed by atoms with E-state index >= 15 is 0 Å². The van der Waals surface area contributed by atoms with Crippen molar-refractivity contribution in [3.8, 4) is 0 Å². The molecule has 1 aliphatic rings. The first kappa shape index (κ1) is 14.8. The highest BCUT2D eigenvalue weighted by Crippen LogP contribution is 2.16. The van der Waals surface area contributed by atoms with Crippen molar-refractivity contribution in [3.63, 3.8) is 0 Å². The summed E-state index contributed by atoms with van der Waals surface area (Å²) >= 11 is 0. The van der Waals surface area contributed by atoms with Crippen molar-refractivity contribution in [3.05, 3.63) is 0 Å². The number of alkyl carbamates (subject to hydrolysis) is 1. The van der Waals surface area contributed by atoms with Crippen molar-refractivity contribution >= 4 is 12.1 Å². The molecular formula is C12H22N2O4. The minimum atomic E-state index is -0.483. The van der Waals surface area contributed by atoms with E-state index in [2.05, 4.69) is 5.32 Å². The Hall–Kier alpha value is -1.30. The Balaban J connectivity index is 2.21. The van der Waals surface area contributed by atoms with Gasteiger partial charge in [-0.2, -0.15) is 0 Å². The van der Waals surface area contributed by atoms with Crippen LogP contribution >= 0.6 is 0 Å². The molecule has 0 unspecified atom stereocenters. The maximum absolute atomic E-state index is 11.4. The molecule has 1 rings (SSSR count). The maximum atomic E-state index is 11.4. The lowest BCUT2D eigenvalue weighted by molar-refractivity contribution is -0.183. The lowest BCUT2D eigenvalue weighted by atomic mass is 10.1. The zero-order valence-corrected chi connectivity index (χ0v) is 11.5. The number of nitrogens with one attached hydrogen (secondary N) is 1. The molecule has 104 valence electrons. The van der Waals surface area contributed by atoms with Crippen LogP contribution in [0.15, 0.2) is 0 Å². The van der Waals surface area contributed by atoms with Gasteiger partial charge in [-0.05, 0) is 33.1 Å². The van der Waals surface area contributed by atoms with E-state index in [4.69, 9.17) is 9.57 Å². The summed E-state index contributed by atoms with van der Waals surface area (Å²) in [5.74, 6) is -0.0207. The first-order chi connectivity index (χ1) is 8.26. The average Bonchev–Trinajstić information content (AvgIpc) is 2.59. The Morgan fingerprint density at radius 1 is 1.39 bits per heavy atom. The molecular weight excluding hydrogens is 236 g/mol. The van der Waals surface area contributed by atoms with Crippen LogP contribution in [0.2, 0.25) is 0 Å². The third-order valence-electron chi connectivity index (χ3n) is 2.44. The second-order valence-electron chi connectivity index (χ2n) is 5.51. The molecule has 0 saturated carbocycles. The van der Waals surface area contributed by atoms with Gasteiger partial charge in [0.2, 0.25) is 0 Å². The second kappa shape index (κ2) is 6.04. The lowest BCUT2D eigenvalue weighted by Gasteiger charge is -2.20. The van der Waals surface area contributed by atoms with Gasteiger partial charge in [-0.3, -0.25) is 4.79 Å². The normalized spacial score (nSPS) is 20.6. The predicted molar refractivity (Wildman–Crippen MR) is 65.7 cm³/mol. The van der Waals surface area contributed by atoms with E-state index in [-0.39, 0.29) is 11.9 Å². The van der Waals surface area contributed by atoms with Gasteiger partial charge in [0.05, 0.1) is 0 Å². The molecule has 0 radical (unpaired) electrons. The fourth-order valence-electron chi connectivity index (χ4n) is 1.77. The highest BCUT2D eigenvalue weighted by Gasteiger charge is 2.25. The van der Waals surface area contributed by atoms with E-state index in [1.165, 1.54) is 6.92 Å². The molecule has 6 nitrogen and oxygen atoms in total. The topological polar surface area (TPSA) is 67.9 Å². The summed E-state index contributed by atoms with van der Waals surface area (Å²) in [7, 11) is 0. The molecule has 0 aliphatic carbocycles. The molecule has 1 N–H and O–H groups in total. The van der Waals surface area contributed by atoms with Crippen LogP contribution in [-0.2, 0) is 14.4 Å². The van der Waals surface area contributed by atoms with Crippen LogP contribution in [0, 0.1) is 5.92 Å². The molecule has 18 heavy (non-hydrogen) atoms. The van der Waals surface area contributed by atoms with Crippen molar-refractivity contribution in [1.82, 2.24) is 10.4 Å². The van der Waals surface area contributed by atoms with Crippen molar-refractivity contribution in [2.45, 2.75) is 39.7 Å². The smallest absolute Gasteiger partial charge is 0.407 e. The number of ether oxygens (including phenoxy) is 1. The van der Waals surface area contributed by atoms with Gasteiger partial charge in [0, 0.05) is 26.6 Å². The van der Waals surface area contributed by atoms with E-state index in [1.54, 1.807) is 5.06 Å². The van der Waals surface area contributed by atoms with Crippen LogP contribution in [0.1, 0.15) is 34.1 Å². The van der Waals surface area contributed by atoms with Gasteiger partial charge in [-0.1, -0.05) is 0 Å². The van der Waals surface area contributed by atoms with E-state index in [1.807, 2.05) is 20.8 Å². The molecule has 1 aliphatic heterocycles. The molecule has 0 aromatic heterocycles. The van der Waals surface area contributed by atoms with E-state index in [0.717, 1.165) is 6.42 Å². The second-order valence-corrected chi connectivity index (χ2v) is 5.51. The Morgan fingerprint density at radius 2 is 2.06 bits per heavy atom. The molecule has 1 heterocycles. The Labute approximate surface area is 108 Å². The maximum Gasteiger partial charge on any atom is 0.407 e. The van der Waals surface area contributed by atoms with Crippen molar-refractivity contribution in [2.24, 2.45) is 5.92 Å². The van der Waals surface area contributed by atoms with E-state index in [0.29, 0.717) is 19.6 Å². The summed E-state index contributed by atoms with van der Waals surface area (Å²) in [6.07, 6.45) is 0.483. The Kier molecular flexibility index (Phi) is 4.95. The van der Waals surface area contributed by atoms with Gasteiger partial charge in [-0.25, -0.2) is 4.79 Å². The Morgan fingerprint density at radius 3 is 2.61 bits per heavy atom. The molecule has 0 aromatic rings. The van der Waals surface area contributed by atoms with Crippen LogP contribution in [-0.4, -0.2) is 42.4 Å². The number of hydrogen-bond donors (Lipinski definition) is 1. The van der Waals surface area contributed by atoms with Crippen molar-refractivity contribution < 1.29 is 19.2 Å². The molecule has 1 saturated heterocycles. The molecule has 0 aromatic carbocycles. The fourth-order valence-corrected chi connectivity index (χ4v) is 1.77. The summed E-state index contributed by atoms with van der Waals surface area (Å²) in [6.45, 7) is 8.74. The van der Waals surface area contributed by atoms with E-state index < -0.39 is 11.7 Å². The largest absolute Gasteiger partial charge is 0.444 e. The number of rotatable bonds is 3. The quantitative estimate of drug-likeness (QED) is 0.826. The van der Waals surface area contributed by atoms with Gasteiger partial charge in [-0.15, -0.1) is 5.06 Å². The first-order valence-corrected chi connectivity index (χ1v) is 6.16. The zero-order chi connectivity index (χ0) is 13.8. The molecule has 1 amide bonds. The first-order valence-electron chi connectivity index (χ1n) is 6.16. The lowest BCUT2D eigenvalue weighted by Crippen LogP contribution is -2.36. The third-order valence-corrected chi connectivity index (χ3v) is 2.44. The number of carbonyl (C=O) groups is 2. The number of carbonyl (C=O) groups excluding carboxylic acids is 2. The highest BCUT2D eigenvalue weighted by molar-refractivity contribution is 5.67. The number of amides is 1. The van der Waals surface area contributed by atoms with Crippen LogP contribution in [0.25, 0.3) is 0 Å².